The highest BCUT2D eigenvalue weighted by molar-refractivity contribution is 6.59. The Kier molecular flexibility index (Phi) is 3.28. The Balaban J connectivity index is 3.36. The van der Waals surface area contributed by atoms with Crippen LogP contribution in [-0.4, -0.2) is 35.2 Å². The number of hydrogen-bond donors (Lipinski definition) is 3. The lowest BCUT2D eigenvalue weighted by molar-refractivity contribution is 0.0601. The van der Waals surface area contributed by atoms with Crippen molar-refractivity contribution in [3.8, 4) is 0 Å². The predicted octanol–water partition coefficient (Wildman–Crippen LogP) is -1.56. The molecule has 0 atom stereocenters. The van der Waals surface area contributed by atoms with Crippen LogP contribution in [0.25, 0.3) is 0 Å². The molecule has 0 bridgehead atoms. The molecule has 1 aromatic heterocycles. The van der Waals surface area contributed by atoms with Gasteiger partial charge >= 0.3 is 13.1 Å². The van der Waals surface area contributed by atoms with E-state index in [0.717, 1.165) is 0 Å². The summed E-state index contributed by atoms with van der Waals surface area (Å²) in [5.74, 6) is -0.649. The molecule has 6 nitrogen and oxygen atoms in total. The van der Waals surface area contributed by atoms with E-state index in [1.54, 1.807) is 6.92 Å². The maximum absolute atomic E-state index is 11.3. The van der Waals surface area contributed by atoms with Gasteiger partial charge in [0.05, 0.1) is 7.11 Å². The van der Waals surface area contributed by atoms with Crippen molar-refractivity contribution in [2.45, 2.75) is 6.92 Å². The maximum Gasteiger partial charge on any atom is 0.490 e. The molecule has 0 aliphatic rings. The summed E-state index contributed by atoms with van der Waals surface area (Å²) in [5.41, 5.74) is 6.03. The number of nitrogens with two attached hydrogens (primary N) is 1. The SMILES string of the molecule is COC(=O)c1c(N)ncc(B(O)O)c1C. The third kappa shape index (κ3) is 2.08. The van der Waals surface area contributed by atoms with Crippen LogP contribution in [0.15, 0.2) is 6.20 Å². The number of esters is 1. The molecule has 1 aromatic rings. The highest BCUT2D eigenvalue weighted by Gasteiger charge is 2.22. The molecule has 7 heteroatoms. The van der Waals surface area contributed by atoms with Crippen LogP contribution in [0.1, 0.15) is 15.9 Å². The number of pyridine rings is 1. The van der Waals surface area contributed by atoms with Crippen molar-refractivity contribution in [3.05, 3.63) is 17.3 Å². The molecule has 0 radical (unpaired) electrons. The molecule has 0 fully saturated rings. The van der Waals surface area contributed by atoms with Crippen molar-refractivity contribution in [2.24, 2.45) is 0 Å². The lowest BCUT2D eigenvalue weighted by Crippen LogP contribution is -2.34. The fourth-order valence-electron chi connectivity index (χ4n) is 1.26. The van der Waals surface area contributed by atoms with Gasteiger partial charge in [0.15, 0.2) is 0 Å². The van der Waals surface area contributed by atoms with Crippen LogP contribution in [0.4, 0.5) is 5.82 Å². The minimum absolute atomic E-state index is 0.00347. The van der Waals surface area contributed by atoms with Gasteiger partial charge in [0, 0.05) is 11.7 Å². The molecule has 0 saturated carbocycles. The quantitative estimate of drug-likeness (QED) is 0.402. The minimum Gasteiger partial charge on any atom is -0.465 e. The zero-order chi connectivity index (χ0) is 11.6. The van der Waals surface area contributed by atoms with Gasteiger partial charge in [-0.3, -0.25) is 0 Å². The summed E-state index contributed by atoms with van der Waals surface area (Å²) in [4.78, 5) is 15.0. The van der Waals surface area contributed by atoms with Gasteiger partial charge in [-0.1, -0.05) is 0 Å². The zero-order valence-corrected chi connectivity index (χ0v) is 8.39. The van der Waals surface area contributed by atoms with Crippen molar-refractivity contribution in [3.63, 3.8) is 0 Å². The predicted molar refractivity (Wildman–Crippen MR) is 54.6 cm³/mol. The van der Waals surface area contributed by atoms with Crippen LogP contribution in [-0.2, 0) is 4.74 Å². The molecular weight excluding hydrogens is 199 g/mol. The highest BCUT2D eigenvalue weighted by Crippen LogP contribution is 2.13. The molecule has 1 rings (SSSR count). The summed E-state index contributed by atoms with van der Waals surface area (Å²) in [6.45, 7) is 1.54. The zero-order valence-electron chi connectivity index (χ0n) is 8.39. The van der Waals surface area contributed by atoms with E-state index >= 15 is 0 Å². The molecule has 1 heterocycles. The molecule has 15 heavy (non-hydrogen) atoms. The third-order valence-corrected chi connectivity index (χ3v) is 2.07. The molecule has 0 saturated heterocycles. The first-order valence-corrected chi connectivity index (χ1v) is 4.18. The molecule has 0 aromatic carbocycles. The fourth-order valence-corrected chi connectivity index (χ4v) is 1.26. The normalized spacial score (nSPS) is 9.87. The van der Waals surface area contributed by atoms with E-state index in [1.807, 2.05) is 0 Å². The number of carbonyl (C=O) groups excluding carboxylic acids is 1. The Morgan fingerprint density at radius 1 is 1.60 bits per heavy atom. The van der Waals surface area contributed by atoms with Crippen molar-refractivity contribution < 1.29 is 19.6 Å². The highest BCUT2D eigenvalue weighted by atomic mass is 16.5. The lowest BCUT2D eigenvalue weighted by atomic mass is 9.77. The summed E-state index contributed by atoms with van der Waals surface area (Å²) >= 11 is 0. The van der Waals surface area contributed by atoms with Gasteiger partial charge in [-0.25, -0.2) is 9.78 Å². The third-order valence-electron chi connectivity index (χ3n) is 2.07. The molecular formula is C8H11BN2O4. The second-order valence-corrected chi connectivity index (χ2v) is 2.96. The van der Waals surface area contributed by atoms with Crippen LogP contribution in [0, 0.1) is 6.92 Å². The van der Waals surface area contributed by atoms with Crippen molar-refractivity contribution in [1.29, 1.82) is 0 Å². The average Bonchev–Trinajstić information content (AvgIpc) is 2.16. The minimum atomic E-state index is -1.69. The van der Waals surface area contributed by atoms with Crippen molar-refractivity contribution >= 4 is 24.4 Å². The van der Waals surface area contributed by atoms with Gasteiger partial charge in [-0.2, -0.15) is 0 Å². The number of anilines is 1. The Morgan fingerprint density at radius 3 is 2.67 bits per heavy atom. The van der Waals surface area contributed by atoms with E-state index in [-0.39, 0.29) is 16.8 Å². The summed E-state index contributed by atoms with van der Waals surface area (Å²) < 4.78 is 4.51. The van der Waals surface area contributed by atoms with E-state index in [4.69, 9.17) is 15.8 Å². The number of methoxy groups -OCH3 is 1. The second kappa shape index (κ2) is 4.29. The van der Waals surface area contributed by atoms with E-state index in [1.165, 1.54) is 13.3 Å². The Labute approximate surface area is 86.8 Å². The number of aromatic nitrogens is 1. The number of ether oxygens (including phenoxy) is 1. The average molecular weight is 210 g/mol. The first-order valence-electron chi connectivity index (χ1n) is 4.18. The van der Waals surface area contributed by atoms with Crippen LogP contribution in [0.2, 0.25) is 0 Å². The lowest BCUT2D eigenvalue weighted by Gasteiger charge is -2.10. The van der Waals surface area contributed by atoms with E-state index in [0.29, 0.717) is 5.56 Å². The molecule has 0 aliphatic carbocycles. The summed E-state index contributed by atoms with van der Waals surface area (Å²) in [6.07, 6.45) is 1.21. The number of rotatable bonds is 2. The van der Waals surface area contributed by atoms with Gasteiger partial charge in [0.25, 0.3) is 0 Å². The van der Waals surface area contributed by atoms with Crippen LogP contribution in [0.5, 0.6) is 0 Å². The smallest absolute Gasteiger partial charge is 0.465 e. The van der Waals surface area contributed by atoms with E-state index < -0.39 is 13.1 Å². The van der Waals surface area contributed by atoms with Crippen LogP contribution < -0.4 is 11.2 Å². The van der Waals surface area contributed by atoms with Crippen molar-refractivity contribution in [1.82, 2.24) is 4.98 Å². The Morgan fingerprint density at radius 2 is 2.20 bits per heavy atom. The van der Waals surface area contributed by atoms with Gasteiger partial charge < -0.3 is 20.5 Å². The molecule has 0 amide bonds. The monoisotopic (exact) mass is 210 g/mol. The number of nitrogens with zero attached hydrogens (tertiary/aromatic N) is 1. The molecule has 4 N–H and O–H groups in total. The van der Waals surface area contributed by atoms with Crippen LogP contribution >= 0.6 is 0 Å². The Hall–Kier alpha value is -1.60. The van der Waals surface area contributed by atoms with Crippen molar-refractivity contribution in [2.75, 3.05) is 12.8 Å². The van der Waals surface area contributed by atoms with Gasteiger partial charge in [0.1, 0.15) is 11.4 Å². The largest absolute Gasteiger partial charge is 0.490 e. The van der Waals surface area contributed by atoms with Gasteiger partial charge in [-0.15, -0.1) is 0 Å². The maximum atomic E-state index is 11.3. The number of hydrogen-bond acceptors (Lipinski definition) is 6. The van der Waals surface area contributed by atoms with Gasteiger partial charge in [0.2, 0.25) is 0 Å². The molecule has 0 spiro atoms. The summed E-state index contributed by atoms with van der Waals surface area (Å²) in [5, 5.41) is 18.0. The van der Waals surface area contributed by atoms with Gasteiger partial charge in [-0.05, 0) is 12.5 Å². The standard InChI is InChI=1S/C8H11BN2O4/c1-4-5(9(13)14)3-11-7(10)6(4)8(12)15-2/h3,13-14H,1-2H3,(H2,10,11). The number of carbonyl (C=O) groups is 1. The van der Waals surface area contributed by atoms with E-state index in [9.17, 15) is 4.79 Å². The first-order chi connectivity index (χ1) is 6.99. The van der Waals surface area contributed by atoms with Crippen LogP contribution in [0.3, 0.4) is 0 Å². The Bertz CT molecular complexity index is 394. The molecule has 0 unspecified atom stereocenters. The molecule has 80 valence electrons. The summed E-state index contributed by atoms with van der Waals surface area (Å²) in [6, 6.07) is 0. The first kappa shape index (κ1) is 11.5. The second-order valence-electron chi connectivity index (χ2n) is 2.96. The fraction of sp³-hybridized carbons (Fsp3) is 0.250. The number of nitrogen functional groups attached to an aromatic ring is 1. The topological polar surface area (TPSA) is 106 Å². The summed E-state index contributed by atoms with van der Waals surface area (Å²) in [7, 11) is -0.481. The van der Waals surface area contributed by atoms with E-state index in [2.05, 4.69) is 9.72 Å². The molecule has 0 aliphatic heterocycles.